The molecule has 0 aromatic heterocycles. The van der Waals surface area contributed by atoms with Gasteiger partial charge < -0.3 is 4.90 Å². The quantitative estimate of drug-likeness (QED) is 0.553. The summed E-state index contributed by atoms with van der Waals surface area (Å²) in [7, 11) is 0. The zero-order valence-electron chi connectivity index (χ0n) is 17.4. The first-order valence-electron chi connectivity index (χ1n) is 10.0. The zero-order valence-corrected chi connectivity index (χ0v) is 19.0. The molecule has 0 aliphatic carbocycles. The number of Topliss-reactive ketones (excluding diaryl/α,β-unsaturated/α-hetero) is 1. The monoisotopic (exact) mass is 477 g/mol. The molecular formula is C25H21BrFN3O. The lowest BCUT2D eigenvalue weighted by atomic mass is 9.66. The maximum Gasteiger partial charge on any atom is 0.177 e. The first-order valence-corrected chi connectivity index (χ1v) is 10.8. The van der Waals surface area contributed by atoms with Gasteiger partial charge in [0, 0.05) is 22.0 Å². The Hall–Kier alpha value is -2.96. The molecule has 1 saturated heterocycles. The molecule has 0 N–H and O–H groups in total. The molecule has 0 unspecified atom stereocenters. The molecule has 0 radical (unpaired) electrons. The third-order valence-corrected chi connectivity index (χ3v) is 6.74. The van der Waals surface area contributed by atoms with Gasteiger partial charge in [-0.2, -0.15) is 10.5 Å². The van der Waals surface area contributed by atoms with Gasteiger partial charge in [-0.05, 0) is 34.9 Å². The minimum absolute atomic E-state index is 0.138. The van der Waals surface area contributed by atoms with Gasteiger partial charge in [0.1, 0.15) is 5.82 Å². The highest BCUT2D eigenvalue weighted by Gasteiger charge is 2.65. The Balaban J connectivity index is 2.05. The Morgan fingerprint density at radius 2 is 1.81 bits per heavy atom. The van der Waals surface area contributed by atoms with Gasteiger partial charge in [0.05, 0.1) is 24.2 Å². The third-order valence-electron chi connectivity index (χ3n) is 6.25. The van der Waals surface area contributed by atoms with Gasteiger partial charge in [-0.25, -0.2) is 4.39 Å². The lowest BCUT2D eigenvalue weighted by Crippen LogP contribution is -2.43. The molecule has 0 spiro atoms. The van der Waals surface area contributed by atoms with E-state index in [1.54, 1.807) is 44.0 Å². The lowest BCUT2D eigenvalue weighted by molar-refractivity contribution is -0.130. The normalized spacial score (nSPS) is 23.5. The Kier molecular flexibility index (Phi) is 5.03. The number of hydrogen-bond acceptors (Lipinski definition) is 4. The number of hydrogen-bond donors (Lipinski definition) is 0. The van der Waals surface area contributed by atoms with Crippen LogP contribution >= 0.6 is 15.9 Å². The highest BCUT2D eigenvalue weighted by atomic mass is 79.9. The Morgan fingerprint density at radius 1 is 1.13 bits per heavy atom. The first-order chi connectivity index (χ1) is 14.7. The van der Waals surface area contributed by atoms with Crippen LogP contribution < -0.4 is 0 Å². The van der Waals surface area contributed by atoms with E-state index in [0.717, 1.165) is 11.1 Å². The fourth-order valence-corrected chi connectivity index (χ4v) is 5.17. The van der Waals surface area contributed by atoms with E-state index in [4.69, 9.17) is 0 Å². The number of nitriles is 2. The van der Waals surface area contributed by atoms with E-state index < -0.39 is 34.6 Å². The van der Waals surface area contributed by atoms with Crippen molar-refractivity contribution in [3.05, 3.63) is 75.6 Å². The van der Waals surface area contributed by atoms with Crippen molar-refractivity contribution >= 4 is 27.8 Å². The van der Waals surface area contributed by atoms with Gasteiger partial charge in [0.25, 0.3) is 0 Å². The molecule has 31 heavy (non-hydrogen) atoms. The molecular weight excluding hydrogens is 457 g/mol. The molecule has 4 rings (SSSR count). The van der Waals surface area contributed by atoms with Crippen LogP contribution in [0.25, 0.3) is 6.08 Å². The fraction of sp³-hybridized carbons (Fsp3) is 0.320. The smallest absolute Gasteiger partial charge is 0.177 e. The van der Waals surface area contributed by atoms with Crippen LogP contribution in [0.5, 0.6) is 0 Å². The third kappa shape index (κ3) is 3.09. The summed E-state index contributed by atoms with van der Waals surface area (Å²) in [6, 6.07) is 15.0. The van der Waals surface area contributed by atoms with Crippen LogP contribution in [0.1, 0.15) is 49.4 Å². The van der Waals surface area contributed by atoms with Gasteiger partial charge >= 0.3 is 0 Å². The first kappa shape index (κ1) is 21.3. The summed E-state index contributed by atoms with van der Waals surface area (Å²) in [6.07, 6.45) is 3.66. The summed E-state index contributed by atoms with van der Waals surface area (Å²) in [5.41, 5.74) is -0.516. The Bertz CT molecular complexity index is 1170. The molecule has 4 nitrogen and oxygen atoms in total. The average molecular weight is 478 g/mol. The summed E-state index contributed by atoms with van der Waals surface area (Å²) in [5, 5.41) is 20.8. The van der Waals surface area contributed by atoms with E-state index in [1.807, 2.05) is 30.3 Å². The van der Waals surface area contributed by atoms with Crippen molar-refractivity contribution in [3.63, 3.8) is 0 Å². The molecule has 0 saturated carbocycles. The van der Waals surface area contributed by atoms with Crippen LogP contribution in [-0.4, -0.2) is 16.7 Å². The molecule has 2 aromatic rings. The SMILES string of the molecule is CC(C)(C)C(=O)[C@@H]1[C@@H](c2ccc(Br)cc2F)C(C#N)(C#N)[C@H]2c3ccccc3C=CN12. The van der Waals surface area contributed by atoms with Crippen molar-refractivity contribution in [2.75, 3.05) is 0 Å². The molecule has 1 fully saturated rings. The van der Waals surface area contributed by atoms with Crippen molar-refractivity contribution in [2.24, 2.45) is 10.8 Å². The molecule has 2 aliphatic heterocycles. The van der Waals surface area contributed by atoms with Crippen molar-refractivity contribution in [1.82, 2.24) is 4.90 Å². The van der Waals surface area contributed by atoms with Gasteiger partial charge in [-0.15, -0.1) is 0 Å². The van der Waals surface area contributed by atoms with Crippen molar-refractivity contribution in [2.45, 2.75) is 38.8 Å². The molecule has 156 valence electrons. The second-order valence-corrected chi connectivity index (χ2v) is 10.0. The van der Waals surface area contributed by atoms with Crippen molar-refractivity contribution in [3.8, 4) is 12.1 Å². The lowest BCUT2D eigenvalue weighted by Gasteiger charge is -2.36. The molecule has 6 heteroatoms. The van der Waals surface area contributed by atoms with Crippen LogP contribution in [0.3, 0.4) is 0 Å². The summed E-state index contributed by atoms with van der Waals surface area (Å²) in [5.74, 6) is -1.64. The van der Waals surface area contributed by atoms with Crippen LogP contribution in [0.2, 0.25) is 0 Å². The number of carbonyl (C=O) groups excluding carboxylic acids is 1. The highest BCUT2D eigenvalue weighted by Crippen LogP contribution is 2.60. The molecule has 2 heterocycles. The number of nitrogens with zero attached hydrogens (tertiary/aromatic N) is 3. The van der Waals surface area contributed by atoms with E-state index in [9.17, 15) is 15.3 Å². The molecule has 0 amide bonds. The number of halogens is 2. The highest BCUT2D eigenvalue weighted by molar-refractivity contribution is 9.10. The van der Waals surface area contributed by atoms with E-state index in [-0.39, 0.29) is 11.3 Å². The Morgan fingerprint density at radius 3 is 2.42 bits per heavy atom. The molecule has 3 atom stereocenters. The van der Waals surface area contributed by atoms with Crippen LogP contribution in [-0.2, 0) is 4.79 Å². The second kappa shape index (κ2) is 7.32. The van der Waals surface area contributed by atoms with Crippen LogP contribution in [0.15, 0.2) is 53.1 Å². The topological polar surface area (TPSA) is 67.9 Å². The summed E-state index contributed by atoms with van der Waals surface area (Å²) in [4.78, 5) is 15.5. The molecule has 2 aliphatic rings. The number of benzene rings is 2. The standard InChI is InChI=1S/C25H21BrFN3O/c1-24(2,3)23(31)21-20(18-9-8-16(26)12-19(18)27)25(13-28,14-29)22-17-7-5-4-6-15(17)10-11-30(21)22/h4-12,20-22H,1-3H3/t20-,21+,22-/m1/s1. The van der Waals surface area contributed by atoms with Gasteiger partial charge in [0.2, 0.25) is 0 Å². The molecule has 2 aromatic carbocycles. The Labute approximate surface area is 189 Å². The minimum Gasteiger partial charge on any atom is -0.357 e. The number of ketones is 1. The molecule has 0 bridgehead atoms. The van der Waals surface area contributed by atoms with Crippen molar-refractivity contribution < 1.29 is 9.18 Å². The average Bonchev–Trinajstić information content (AvgIpc) is 3.03. The zero-order chi connectivity index (χ0) is 22.6. The van der Waals surface area contributed by atoms with Gasteiger partial charge in [0.15, 0.2) is 11.2 Å². The van der Waals surface area contributed by atoms with Crippen molar-refractivity contribution in [1.29, 1.82) is 10.5 Å². The number of carbonyl (C=O) groups is 1. The maximum atomic E-state index is 15.2. The van der Waals surface area contributed by atoms with E-state index in [0.29, 0.717) is 4.47 Å². The predicted octanol–water partition coefficient (Wildman–Crippen LogP) is 5.73. The van der Waals surface area contributed by atoms with E-state index >= 15 is 4.39 Å². The minimum atomic E-state index is -1.65. The second-order valence-electron chi connectivity index (χ2n) is 9.09. The van der Waals surface area contributed by atoms with Crippen LogP contribution in [0, 0.1) is 39.3 Å². The number of rotatable bonds is 2. The maximum absolute atomic E-state index is 15.2. The van der Waals surface area contributed by atoms with E-state index in [2.05, 4.69) is 28.1 Å². The predicted molar refractivity (Wildman–Crippen MR) is 119 cm³/mol. The largest absolute Gasteiger partial charge is 0.357 e. The van der Waals surface area contributed by atoms with Gasteiger partial charge in [-0.3, -0.25) is 4.79 Å². The summed E-state index contributed by atoms with van der Waals surface area (Å²) in [6.45, 7) is 5.42. The summed E-state index contributed by atoms with van der Waals surface area (Å²) >= 11 is 3.27. The van der Waals surface area contributed by atoms with Gasteiger partial charge in [-0.1, -0.05) is 67.0 Å². The fourth-order valence-electron chi connectivity index (χ4n) is 4.84. The summed E-state index contributed by atoms with van der Waals surface area (Å²) < 4.78 is 15.8. The van der Waals surface area contributed by atoms with E-state index in [1.165, 1.54) is 6.07 Å². The van der Waals surface area contributed by atoms with Crippen LogP contribution in [0.4, 0.5) is 4.39 Å². The number of fused-ring (bicyclic) bond motifs is 3.